The molecule has 6 N–H and O–H groups in total. The van der Waals surface area contributed by atoms with Crippen LogP contribution in [0.5, 0.6) is 5.75 Å². The normalized spacial score (nSPS) is 27.5. The summed E-state index contributed by atoms with van der Waals surface area (Å²) in [6.45, 7) is 5.85. The summed E-state index contributed by atoms with van der Waals surface area (Å²) in [6.07, 6.45) is 1.99. The summed E-state index contributed by atoms with van der Waals surface area (Å²) in [7, 11) is 4.51. The number of ether oxygens (including phenoxy) is 1. The fourth-order valence-electron chi connectivity index (χ4n) is 6.01. The third-order valence-electron chi connectivity index (χ3n) is 7.54. The molecule has 11 nitrogen and oxygen atoms in total. The summed E-state index contributed by atoms with van der Waals surface area (Å²) in [5.41, 5.74) is 6.49. The number of rotatable bonds is 5. The Labute approximate surface area is 220 Å². The largest absolute Gasteiger partial charge is 0.510 e. The first-order chi connectivity index (χ1) is 17.7. The maximum atomic E-state index is 13.8. The number of aliphatic hydroxyl groups is 2. The van der Waals surface area contributed by atoms with Crippen LogP contribution in [-0.4, -0.2) is 82.3 Å². The van der Waals surface area contributed by atoms with Crippen LogP contribution in [0.2, 0.25) is 0 Å². The zero-order chi connectivity index (χ0) is 28.3. The predicted octanol–water partition coefficient (Wildman–Crippen LogP) is 1.50. The number of Topliss-reactive ketones (excluding diaryl/α,β-unsaturated/α-hetero) is 2. The van der Waals surface area contributed by atoms with E-state index in [1.165, 1.54) is 13.2 Å². The standard InChI is InChI=1S/C27H34N4O7/c1-26(2,3)30-29-11-12-7-8-16(32)18-14(12)9-13-10-15-20(31(4)5)22(34)19(25(28)37)24(36)27(15,38-6)23(35)17(13)21(18)33/h7-8,11,13,15,20,30,32,34-35H,9-10H2,1-6H3,(H2,28,37)/b29-11+/t13-,15-,20-,27-/m0/s1. The van der Waals surface area contributed by atoms with E-state index in [0.717, 1.165) is 0 Å². The van der Waals surface area contributed by atoms with Gasteiger partial charge in [-0.1, -0.05) is 0 Å². The van der Waals surface area contributed by atoms with E-state index in [1.807, 2.05) is 20.8 Å². The lowest BCUT2D eigenvalue weighted by molar-refractivity contribution is -0.154. The van der Waals surface area contributed by atoms with Gasteiger partial charge in [0.1, 0.15) is 22.8 Å². The molecule has 4 atom stereocenters. The number of ketones is 2. The summed E-state index contributed by atoms with van der Waals surface area (Å²) >= 11 is 0. The quantitative estimate of drug-likeness (QED) is 0.216. The zero-order valence-electron chi connectivity index (χ0n) is 22.3. The Kier molecular flexibility index (Phi) is 6.65. The first kappa shape index (κ1) is 27.3. The smallest absolute Gasteiger partial charge is 0.255 e. The van der Waals surface area contributed by atoms with Crippen molar-refractivity contribution in [3.05, 3.63) is 51.5 Å². The molecule has 0 aliphatic heterocycles. The fourth-order valence-corrected chi connectivity index (χ4v) is 6.01. The Hall–Kier alpha value is -3.70. The van der Waals surface area contributed by atoms with Crippen molar-refractivity contribution >= 4 is 23.7 Å². The third kappa shape index (κ3) is 3.97. The number of aromatic hydroxyl groups is 1. The number of carbonyl (C=O) groups excluding carboxylic acids is 3. The van der Waals surface area contributed by atoms with E-state index in [9.17, 15) is 29.7 Å². The van der Waals surface area contributed by atoms with Gasteiger partial charge in [0.15, 0.2) is 11.4 Å². The third-order valence-corrected chi connectivity index (χ3v) is 7.54. The molecular weight excluding hydrogens is 492 g/mol. The number of primary amides is 1. The molecule has 0 saturated heterocycles. The van der Waals surface area contributed by atoms with Gasteiger partial charge in [-0.2, -0.15) is 5.10 Å². The van der Waals surface area contributed by atoms with Crippen LogP contribution in [0.25, 0.3) is 0 Å². The van der Waals surface area contributed by atoms with Gasteiger partial charge < -0.3 is 31.2 Å². The van der Waals surface area contributed by atoms with Crippen molar-refractivity contribution in [2.24, 2.45) is 22.7 Å². The van der Waals surface area contributed by atoms with E-state index >= 15 is 0 Å². The van der Waals surface area contributed by atoms with Gasteiger partial charge in [0, 0.05) is 24.1 Å². The number of hydrogen-bond acceptors (Lipinski definition) is 10. The number of nitrogens with zero attached hydrogens (tertiary/aromatic N) is 2. The summed E-state index contributed by atoms with van der Waals surface area (Å²) in [6, 6.07) is 2.13. The van der Waals surface area contributed by atoms with E-state index in [-0.39, 0.29) is 35.3 Å². The number of hydrogen-bond donors (Lipinski definition) is 5. The molecule has 3 aliphatic rings. The predicted molar refractivity (Wildman–Crippen MR) is 139 cm³/mol. The molecule has 1 amide bonds. The van der Waals surface area contributed by atoms with E-state index in [4.69, 9.17) is 10.5 Å². The number of hydrazone groups is 1. The topological polar surface area (TPSA) is 175 Å². The van der Waals surface area contributed by atoms with Gasteiger partial charge in [-0.05, 0) is 76.9 Å². The number of amides is 1. The van der Waals surface area contributed by atoms with Gasteiger partial charge in [-0.15, -0.1) is 0 Å². The van der Waals surface area contributed by atoms with Crippen molar-refractivity contribution in [1.29, 1.82) is 0 Å². The molecule has 11 heteroatoms. The minimum Gasteiger partial charge on any atom is -0.510 e. The van der Waals surface area contributed by atoms with Gasteiger partial charge >= 0.3 is 0 Å². The monoisotopic (exact) mass is 526 g/mol. The van der Waals surface area contributed by atoms with Crippen LogP contribution in [0.3, 0.4) is 0 Å². The highest BCUT2D eigenvalue weighted by atomic mass is 16.5. The number of fused-ring (bicyclic) bond motifs is 3. The number of nitrogens with one attached hydrogen (secondary N) is 1. The molecular formula is C27H34N4O7. The van der Waals surface area contributed by atoms with Gasteiger partial charge in [0.25, 0.3) is 5.91 Å². The van der Waals surface area contributed by atoms with E-state index in [1.54, 1.807) is 31.3 Å². The van der Waals surface area contributed by atoms with E-state index in [0.29, 0.717) is 11.1 Å². The molecule has 38 heavy (non-hydrogen) atoms. The highest BCUT2D eigenvalue weighted by Gasteiger charge is 2.64. The van der Waals surface area contributed by atoms with Gasteiger partial charge in [0.05, 0.1) is 17.8 Å². The highest BCUT2D eigenvalue weighted by Crippen LogP contribution is 2.53. The van der Waals surface area contributed by atoms with Crippen LogP contribution in [-0.2, 0) is 20.7 Å². The highest BCUT2D eigenvalue weighted by molar-refractivity contribution is 6.25. The lowest BCUT2D eigenvalue weighted by atomic mass is 9.58. The van der Waals surface area contributed by atoms with Gasteiger partial charge in [0.2, 0.25) is 5.78 Å². The molecule has 204 valence electrons. The molecule has 0 spiro atoms. The van der Waals surface area contributed by atoms with Crippen molar-refractivity contribution in [3.63, 3.8) is 0 Å². The molecule has 0 unspecified atom stereocenters. The van der Waals surface area contributed by atoms with Crippen molar-refractivity contribution in [2.75, 3.05) is 21.2 Å². The molecule has 0 radical (unpaired) electrons. The number of carbonyl (C=O) groups is 3. The number of allylic oxidation sites excluding steroid dienone is 1. The second-order valence-electron chi connectivity index (χ2n) is 11.3. The van der Waals surface area contributed by atoms with Crippen LogP contribution in [0.15, 0.2) is 39.9 Å². The van der Waals surface area contributed by atoms with Crippen molar-refractivity contribution in [3.8, 4) is 5.75 Å². The molecule has 1 aromatic carbocycles. The average molecular weight is 527 g/mol. The summed E-state index contributed by atoms with van der Waals surface area (Å²) < 4.78 is 5.66. The van der Waals surface area contributed by atoms with Crippen LogP contribution < -0.4 is 11.2 Å². The van der Waals surface area contributed by atoms with Crippen molar-refractivity contribution in [1.82, 2.24) is 10.3 Å². The average Bonchev–Trinajstić information content (AvgIpc) is 2.79. The molecule has 0 saturated carbocycles. The SMILES string of the molecule is CO[C@@]12C(=O)C(C(N)=O)=C(O)[C@@H](N(C)C)[C@@H]1C[C@@H]1Cc3c(/C=N/NC(C)(C)C)ccc(O)c3C(=O)C1=C2O. The van der Waals surface area contributed by atoms with Crippen LogP contribution in [0.4, 0.5) is 0 Å². The number of likely N-dealkylation sites (N-methyl/N-ethyl adjacent to an activating group) is 1. The van der Waals surface area contributed by atoms with E-state index < -0.39 is 58.0 Å². The molecule has 0 heterocycles. The number of nitrogens with two attached hydrogens (primary N) is 1. The molecule has 1 aromatic rings. The zero-order valence-corrected chi connectivity index (χ0v) is 22.3. The molecule has 4 rings (SSSR count). The Morgan fingerprint density at radius 2 is 1.89 bits per heavy atom. The Bertz CT molecular complexity index is 1320. The second-order valence-corrected chi connectivity index (χ2v) is 11.3. The number of methoxy groups -OCH3 is 1. The Morgan fingerprint density at radius 1 is 1.24 bits per heavy atom. The van der Waals surface area contributed by atoms with Crippen molar-refractivity contribution in [2.45, 2.75) is 50.8 Å². The second kappa shape index (κ2) is 9.25. The first-order valence-corrected chi connectivity index (χ1v) is 12.3. The number of benzene rings is 1. The van der Waals surface area contributed by atoms with Gasteiger partial charge in [-0.25, -0.2) is 0 Å². The van der Waals surface area contributed by atoms with Gasteiger partial charge in [-0.3, -0.25) is 19.3 Å². The maximum absolute atomic E-state index is 13.8. The summed E-state index contributed by atoms with van der Waals surface area (Å²) in [5.74, 6) is -5.63. The Balaban J connectivity index is 1.92. The molecule has 0 fully saturated rings. The fraction of sp³-hybridized carbons (Fsp3) is 0.481. The van der Waals surface area contributed by atoms with Crippen LogP contribution in [0.1, 0.15) is 48.7 Å². The Morgan fingerprint density at radius 3 is 2.45 bits per heavy atom. The lowest BCUT2D eigenvalue weighted by Gasteiger charge is -2.51. The molecule has 3 aliphatic carbocycles. The number of phenols is 1. The van der Waals surface area contributed by atoms with E-state index in [2.05, 4.69) is 10.5 Å². The van der Waals surface area contributed by atoms with Crippen LogP contribution in [0, 0.1) is 11.8 Å². The first-order valence-electron chi connectivity index (χ1n) is 12.3. The summed E-state index contributed by atoms with van der Waals surface area (Å²) in [4.78, 5) is 41.3. The molecule has 0 bridgehead atoms. The van der Waals surface area contributed by atoms with Crippen molar-refractivity contribution < 1.29 is 34.4 Å². The number of aliphatic hydroxyl groups excluding tert-OH is 2. The maximum Gasteiger partial charge on any atom is 0.255 e. The molecule has 0 aromatic heterocycles. The van der Waals surface area contributed by atoms with Crippen LogP contribution >= 0.6 is 0 Å². The summed E-state index contributed by atoms with van der Waals surface area (Å²) in [5, 5.41) is 37.5. The minimum atomic E-state index is -2.12. The number of phenolic OH excluding ortho intramolecular Hbond substituents is 1. The lowest BCUT2D eigenvalue weighted by Crippen LogP contribution is -2.64. The minimum absolute atomic E-state index is 0.00754.